The molecule has 0 N–H and O–H groups in total. The van der Waals surface area contributed by atoms with Crippen LogP contribution in [0.15, 0.2) is 30.6 Å². The van der Waals surface area contributed by atoms with Crippen molar-refractivity contribution in [2.75, 3.05) is 0 Å². The lowest BCUT2D eigenvalue weighted by Crippen LogP contribution is -2.03. The molecule has 0 aliphatic heterocycles. The number of aryl methyl sites for hydroxylation is 2. The van der Waals surface area contributed by atoms with Gasteiger partial charge in [-0.05, 0) is 32.0 Å². The van der Waals surface area contributed by atoms with E-state index in [1.165, 1.54) is 0 Å². The van der Waals surface area contributed by atoms with Crippen molar-refractivity contribution in [3.8, 4) is 0 Å². The molecular weight excluding hydrogens is 292 g/mol. The van der Waals surface area contributed by atoms with E-state index in [0.29, 0.717) is 10.8 Å². The van der Waals surface area contributed by atoms with Crippen molar-refractivity contribution in [2.24, 2.45) is 0 Å². The van der Waals surface area contributed by atoms with Crippen molar-refractivity contribution in [3.63, 3.8) is 0 Å². The molecular formula is C14H13ClN4S. The summed E-state index contributed by atoms with van der Waals surface area (Å²) < 4.78 is 1.88. The van der Waals surface area contributed by atoms with Crippen LogP contribution in [0, 0.1) is 13.8 Å². The molecule has 0 saturated heterocycles. The summed E-state index contributed by atoms with van der Waals surface area (Å²) in [5.74, 6) is 0.667. The van der Waals surface area contributed by atoms with Gasteiger partial charge < -0.3 is 4.40 Å². The van der Waals surface area contributed by atoms with Crippen LogP contribution < -0.4 is 0 Å². The Hall–Kier alpha value is -1.59. The highest BCUT2D eigenvalue weighted by molar-refractivity contribution is 7.80. The monoisotopic (exact) mass is 304 g/mol. The molecule has 3 aromatic heterocycles. The van der Waals surface area contributed by atoms with E-state index in [-0.39, 0.29) is 5.25 Å². The van der Waals surface area contributed by atoms with Gasteiger partial charge >= 0.3 is 0 Å². The van der Waals surface area contributed by atoms with Crippen LogP contribution in [0.4, 0.5) is 0 Å². The van der Waals surface area contributed by atoms with E-state index in [2.05, 4.69) is 27.6 Å². The van der Waals surface area contributed by atoms with E-state index in [0.717, 1.165) is 22.7 Å². The maximum Gasteiger partial charge on any atom is 0.147 e. The van der Waals surface area contributed by atoms with Crippen molar-refractivity contribution < 1.29 is 0 Å². The molecule has 0 fully saturated rings. The van der Waals surface area contributed by atoms with Crippen LogP contribution >= 0.6 is 24.2 Å². The molecule has 0 saturated carbocycles. The summed E-state index contributed by atoms with van der Waals surface area (Å²) in [6, 6.07) is 5.62. The van der Waals surface area contributed by atoms with E-state index in [9.17, 15) is 0 Å². The Morgan fingerprint density at radius 2 is 1.80 bits per heavy atom. The number of hydrogen-bond acceptors (Lipinski definition) is 4. The summed E-state index contributed by atoms with van der Waals surface area (Å²) in [5.41, 5.74) is 3.49. The van der Waals surface area contributed by atoms with Gasteiger partial charge in [-0.25, -0.2) is 15.0 Å². The van der Waals surface area contributed by atoms with Gasteiger partial charge in [0.15, 0.2) is 0 Å². The molecule has 102 valence electrons. The van der Waals surface area contributed by atoms with Crippen LogP contribution in [0.1, 0.15) is 28.2 Å². The van der Waals surface area contributed by atoms with Crippen molar-refractivity contribution in [1.82, 2.24) is 19.4 Å². The normalized spacial score (nSPS) is 12.8. The third-order valence-electron chi connectivity index (χ3n) is 2.96. The Morgan fingerprint density at radius 1 is 1.10 bits per heavy atom. The molecule has 0 bridgehead atoms. The Labute approximate surface area is 127 Å². The molecule has 1 atom stereocenters. The molecule has 0 radical (unpaired) electrons. The number of thiol groups is 1. The lowest BCUT2D eigenvalue weighted by Gasteiger charge is -2.08. The minimum Gasteiger partial charge on any atom is -0.305 e. The van der Waals surface area contributed by atoms with E-state index in [1.807, 2.05) is 48.8 Å². The molecule has 0 aromatic carbocycles. The molecule has 3 aromatic rings. The second kappa shape index (κ2) is 5.07. The minimum absolute atomic E-state index is 0.257. The Balaban J connectivity index is 2.05. The molecule has 3 rings (SSSR count). The third kappa shape index (κ3) is 2.51. The summed E-state index contributed by atoms with van der Waals surface area (Å²) in [6.07, 6.45) is 3.72. The average Bonchev–Trinajstić information content (AvgIpc) is 2.79. The standard InChI is InChI=1S/C14H13ClN4S/c1-8-5-9(2)17-14(16-8)13(20)11-7-19-6-10(15)3-4-12(19)18-11/h3-7,13,20H,1-2H3. The zero-order chi connectivity index (χ0) is 14.3. The van der Waals surface area contributed by atoms with Gasteiger partial charge in [-0.2, -0.15) is 12.6 Å². The van der Waals surface area contributed by atoms with Gasteiger partial charge in [0.1, 0.15) is 16.7 Å². The predicted molar refractivity (Wildman–Crippen MR) is 82.5 cm³/mol. The summed E-state index contributed by atoms with van der Waals surface area (Å²) in [6.45, 7) is 3.89. The van der Waals surface area contributed by atoms with Gasteiger partial charge in [0, 0.05) is 23.8 Å². The second-order valence-corrected chi connectivity index (χ2v) is 5.64. The number of halogens is 1. The molecule has 3 heterocycles. The maximum absolute atomic E-state index is 5.97. The molecule has 0 aliphatic carbocycles. The highest BCUT2D eigenvalue weighted by atomic mass is 35.5. The summed E-state index contributed by atoms with van der Waals surface area (Å²) in [7, 11) is 0. The molecule has 0 aliphatic rings. The van der Waals surface area contributed by atoms with E-state index in [1.54, 1.807) is 0 Å². The SMILES string of the molecule is Cc1cc(C)nc(C(S)c2cn3cc(Cl)ccc3n2)n1. The molecule has 0 spiro atoms. The second-order valence-electron chi connectivity index (χ2n) is 4.69. The predicted octanol–water partition coefficient (Wildman–Crippen LogP) is 3.41. The number of aromatic nitrogens is 4. The Bertz CT molecular complexity index is 764. The third-order valence-corrected chi connectivity index (χ3v) is 3.68. The van der Waals surface area contributed by atoms with Gasteiger partial charge in [0.25, 0.3) is 0 Å². The summed E-state index contributed by atoms with van der Waals surface area (Å²) >= 11 is 10.6. The first-order valence-electron chi connectivity index (χ1n) is 6.17. The Kier molecular flexibility index (Phi) is 3.40. The Morgan fingerprint density at radius 3 is 2.50 bits per heavy atom. The average molecular weight is 305 g/mol. The van der Waals surface area contributed by atoms with Gasteiger partial charge in [-0.1, -0.05) is 11.6 Å². The fraction of sp³-hybridized carbons (Fsp3) is 0.214. The smallest absolute Gasteiger partial charge is 0.147 e. The van der Waals surface area contributed by atoms with Crippen LogP contribution in [-0.4, -0.2) is 19.4 Å². The number of hydrogen-bond donors (Lipinski definition) is 1. The molecule has 1 unspecified atom stereocenters. The number of rotatable bonds is 2. The number of fused-ring (bicyclic) bond motifs is 1. The highest BCUT2D eigenvalue weighted by Crippen LogP contribution is 2.26. The first-order chi connectivity index (χ1) is 9.52. The topological polar surface area (TPSA) is 43.1 Å². The van der Waals surface area contributed by atoms with Crippen LogP contribution in [0.3, 0.4) is 0 Å². The molecule has 0 amide bonds. The van der Waals surface area contributed by atoms with Gasteiger partial charge in [-0.15, -0.1) is 0 Å². The zero-order valence-corrected chi connectivity index (χ0v) is 12.7. The fourth-order valence-corrected chi connectivity index (χ4v) is 2.53. The first-order valence-corrected chi connectivity index (χ1v) is 7.07. The van der Waals surface area contributed by atoms with E-state index in [4.69, 9.17) is 11.6 Å². The number of imidazole rings is 1. The lowest BCUT2D eigenvalue weighted by atomic mass is 10.2. The molecule has 20 heavy (non-hydrogen) atoms. The lowest BCUT2D eigenvalue weighted by molar-refractivity contribution is 0.893. The van der Waals surface area contributed by atoms with E-state index < -0.39 is 0 Å². The first kappa shape index (κ1) is 13.4. The fourth-order valence-electron chi connectivity index (χ4n) is 2.12. The van der Waals surface area contributed by atoms with Gasteiger partial charge in [-0.3, -0.25) is 0 Å². The van der Waals surface area contributed by atoms with Gasteiger partial charge in [0.05, 0.1) is 10.7 Å². The minimum atomic E-state index is -0.257. The maximum atomic E-state index is 5.97. The largest absolute Gasteiger partial charge is 0.305 e. The van der Waals surface area contributed by atoms with Crippen LogP contribution in [-0.2, 0) is 0 Å². The van der Waals surface area contributed by atoms with Gasteiger partial charge in [0.2, 0.25) is 0 Å². The van der Waals surface area contributed by atoms with Crippen LogP contribution in [0.25, 0.3) is 5.65 Å². The summed E-state index contributed by atoms with van der Waals surface area (Å²) in [4.78, 5) is 13.4. The van der Waals surface area contributed by atoms with Crippen molar-refractivity contribution in [3.05, 3.63) is 58.5 Å². The quantitative estimate of drug-likeness (QED) is 0.738. The summed E-state index contributed by atoms with van der Waals surface area (Å²) in [5, 5.41) is 0.409. The van der Waals surface area contributed by atoms with Crippen LogP contribution in [0.2, 0.25) is 5.02 Å². The number of pyridine rings is 1. The zero-order valence-electron chi connectivity index (χ0n) is 11.1. The molecule has 4 nitrogen and oxygen atoms in total. The van der Waals surface area contributed by atoms with E-state index >= 15 is 0 Å². The van der Waals surface area contributed by atoms with Crippen molar-refractivity contribution in [1.29, 1.82) is 0 Å². The highest BCUT2D eigenvalue weighted by Gasteiger charge is 2.17. The molecule has 6 heteroatoms. The van der Waals surface area contributed by atoms with Crippen molar-refractivity contribution in [2.45, 2.75) is 19.1 Å². The number of nitrogens with zero attached hydrogens (tertiary/aromatic N) is 4. The van der Waals surface area contributed by atoms with Crippen molar-refractivity contribution >= 4 is 29.9 Å². The van der Waals surface area contributed by atoms with Crippen LogP contribution in [0.5, 0.6) is 0 Å².